The van der Waals surface area contributed by atoms with Crippen LogP contribution >= 0.6 is 0 Å². The van der Waals surface area contributed by atoms with Crippen molar-refractivity contribution in [3.63, 3.8) is 0 Å². The molecule has 0 aromatic carbocycles. The quantitative estimate of drug-likeness (QED) is 0.751. The molecule has 1 aliphatic heterocycles. The summed E-state index contributed by atoms with van der Waals surface area (Å²) < 4.78 is 5.61. The number of carboxylic acids is 1. The van der Waals surface area contributed by atoms with Crippen LogP contribution in [0.2, 0.25) is 0 Å². The van der Waals surface area contributed by atoms with E-state index in [0.717, 1.165) is 45.2 Å². The van der Waals surface area contributed by atoms with Crippen LogP contribution in [0.1, 0.15) is 51.4 Å². The highest BCUT2D eigenvalue weighted by Gasteiger charge is 2.30. The number of ether oxygens (including phenoxy) is 1. The van der Waals surface area contributed by atoms with Crippen LogP contribution in [0, 0.1) is 0 Å². The maximum absolute atomic E-state index is 10.5. The van der Waals surface area contributed by atoms with Gasteiger partial charge in [0.25, 0.3) is 0 Å². The predicted molar refractivity (Wildman–Crippen MR) is 75.7 cm³/mol. The number of aliphatic carboxylic acids is 1. The molecule has 0 spiro atoms. The Hall–Kier alpha value is -0.650. The summed E-state index contributed by atoms with van der Waals surface area (Å²) in [6.45, 7) is 2.23. The second-order valence-electron chi connectivity index (χ2n) is 6.02. The molecule has 1 aliphatic carbocycles. The lowest BCUT2D eigenvalue weighted by Crippen LogP contribution is -2.48. The molecule has 2 rings (SSSR count). The number of aliphatic hydroxyl groups excluding tert-OH is 1. The smallest absolute Gasteiger partial charge is 0.305 e. The number of hydrogen-bond donors (Lipinski definition) is 2. The van der Waals surface area contributed by atoms with Crippen molar-refractivity contribution >= 4 is 5.97 Å². The number of rotatable bonds is 5. The number of piperidine rings is 1. The van der Waals surface area contributed by atoms with Gasteiger partial charge in [-0.15, -0.1) is 0 Å². The summed E-state index contributed by atoms with van der Waals surface area (Å²) in [6.07, 6.45) is 7.62. The lowest BCUT2D eigenvalue weighted by molar-refractivity contribution is -0.139. The van der Waals surface area contributed by atoms with Crippen molar-refractivity contribution < 1.29 is 19.7 Å². The highest BCUT2D eigenvalue weighted by atomic mass is 16.5. The van der Waals surface area contributed by atoms with E-state index >= 15 is 0 Å². The van der Waals surface area contributed by atoms with Crippen LogP contribution in [0.3, 0.4) is 0 Å². The number of nitrogens with zero attached hydrogens (tertiary/aromatic N) is 1. The Morgan fingerprint density at radius 1 is 1.10 bits per heavy atom. The Morgan fingerprint density at radius 2 is 1.80 bits per heavy atom. The molecule has 116 valence electrons. The van der Waals surface area contributed by atoms with Gasteiger partial charge in [0.2, 0.25) is 0 Å². The van der Waals surface area contributed by atoms with Crippen LogP contribution in [0.25, 0.3) is 0 Å². The molecule has 20 heavy (non-hydrogen) atoms. The number of hydrogen-bond acceptors (Lipinski definition) is 4. The average Bonchev–Trinajstić information content (AvgIpc) is 2.64. The Kier molecular flexibility index (Phi) is 6.26. The average molecular weight is 285 g/mol. The summed E-state index contributed by atoms with van der Waals surface area (Å²) >= 11 is 0. The summed E-state index contributed by atoms with van der Waals surface area (Å²) in [5.74, 6) is -0.802. The molecule has 1 heterocycles. The number of carboxylic acid groups (broad SMARTS) is 1. The first kappa shape index (κ1) is 15.7. The molecule has 0 bridgehead atoms. The SMILES string of the molecule is O=C(O)CCOC1CCN(C2CCCCCC2O)CC1. The monoisotopic (exact) mass is 285 g/mol. The van der Waals surface area contributed by atoms with Crippen LogP contribution in [-0.4, -0.2) is 59.0 Å². The van der Waals surface area contributed by atoms with Gasteiger partial charge in [-0.3, -0.25) is 9.69 Å². The molecule has 0 radical (unpaired) electrons. The normalized spacial score (nSPS) is 30.1. The molecule has 2 fully saturated rings. The number of carbonyl (C=O) groups is 1. The molecular weight excluding hydrogens is 258 g/mol. The Balaban J connectivity index is 1.71. The van der Waals surface area contributed by atoms with E-state index < -0.39 is 5.97 Å². The van der Waals surface area contributed by atoms with Crippen molar-refractivity contribution in [2.45, 2.75) is 69.6 Å². The zero-order valence-electron chi connectivity index (χ0n) is 12.2. The molecule has 2 N–H and O–H groups in total. The highest BCUT2D eigenvalue weighted by molar-refractivity contribution is 5.66. The minimum absolute atomic E-state index is 0.0849. The van der Waals surface area contributed by atoms with Gasteiger partial charge in [0.15, 0.2) is 0 Å². The van der Waals surface area contributed by atoms with Crippen molar-refractivity contribution in [3.8, 4) is 0 Å². The number of likely N-dealkylation sites (tertiary alicyclic amines) is 1. The van der Waals surface area contributed by atoms with Crippen molar-refractivity contribution in [1.82, 2.24) is 4.90 Å². The molecule has 5 heteroatoms. The van der Waals surface area contributed by atoms with Gasteiger partial charge in [-0.25, -0.2) is 0 Å². The molecule has 2 atom stereocenters. The molecule has 5 nitrogen and oxygen atoms in total. The van der Waals surface area contributed by atoms with Gasteiger partial charge in [0.05, 0.1) is 25.2 Å². The van der Waals surface area contributed by atoms with Crippen molar-refractivity contribution in [2.24, 2.45) is 0 Å². The summed E-state index contributed by atoms with van der Waals surface area (Å²) in [5, 5.41) is 18.8. The van der Waals surface area contributed by atoms with Gasteiger partial charge in [0.1, 0.15) is 0 Å². The Labute approximate surface area is 120 Å². The first-order valence-electron chi connectivity index (χ1n) is 7.92. The second-order valence-corrected chi connectivity index (χ2v) is 6.02. The predicted octanol–water partition coefficient (Wildman–Crippen LogP) is 1.64. The molecule has 1 saturated heterocycles. The zero-order chi connectivity index (χ0) is 14.4. The number of aliphatic hydroxyl groups is 1. The fraction of sp³-hybridized carbons (Fsp3) is 0.933. The van der Waals surface area contributed by atoms with Crippen LogP contribution < -0.4 is 0 Å². The van der Waals surface area contributed by atoms with Crippen LogP contribution in [0.15, 0.2) is 0 Å². The molecule has 0 amide bonds. The van der Waals surface area contributed by atoms with Gasteiger partial charge in [-0.1, -0.05) is 19.3 Å². The third kappa shape index (κ3) is 4.72. The van der Waals surface area contributed by atoms with E-state index in [9.17, 15) is 9.90 Å². The summed E-state index contributed by atoms with van der Waals surface area (Å²) in [5.41, 5.74) is 0. The van der Waals surface area contributed by atoms with Gasteiger partial charge < -0.3 is 14.9 Å². The summed E-state index contributed by atoms with van der Waals surface area (Å²) in [4.78, 5) is 12.9. The molecule has 0 aromatic rings. The van der Waals surface area contributed by atoms with Gasteiger partial charge in [0, 0.05) is 19.1 Å². The molecule has 2 unspecified atom stereocenters. The largest absolute Gasteiger partial charge is 0.481 e. The first-order chi connectivity index (χ1) is 9.66. The van der Waals surface area contributed by atoms with Gasteiger partial charge in [-0.2, -0.15) is 0 Å². The molecule has 1 saturated carbocycles. The van der Waals surface area contributed by atoms with E-state index in [1.165, 1.54) is 12.8 Å². The van der Waals surface area contributed by atoms with Gasteiger partial charge in [-0.05, 0) is 25.7 Å². The van der Waals surface area contributed by atoms with Crippen molar-refractivity contribution in [1.29, 1.82) is 0 Å². The molecule has 0 aromatic heterocycles. The second kappa shape index (κ2) is 7.96. The van der Waals surface area contributed by atoms with E-state index in [4.69, 9.17) is 9.84 Å². The molecular formula is C15H27NO4. The zero-order valence-corrected chi connectivity index (χ0v) is 12.2. The van der Waals surface area contributed by atoms with Crippen LogP contribution in [-0.2, 0) is 9.53 Å². The third-order valence-corrected chi connectivity index (χ3v) is 4.56. The van der Waals surface area contributed by atoms with E-state index in [1.807, 2.05) is 0 Å². The van der Waals surface area contributed by atoms with Crippen LogP contribution in [0.5, 0.6) is 0 Å². The summed E-state index contributed by atoms with van der Waals surface area (Å²) in [6, 6.07) is 0.317. The molecule has 2 aliphatic rings. The fourth-order valence-electron chi connectivity index (χ4n) is 3.38. The Bertz CT molecular complexity index is 302. The van der Waals surface area contributed by atoms with Crippen LogP contribution in [0.4, 0.5) is 0 Å². The highest BCUT2D eigenvalue weighted by Crippen LogP contribution is 2.25. The van der Waals surface area contributed by atoms with E-state index in [1.54, 1.807) is 0 Å². The van der Waals surface area contributed by atoms with E-state index in [0.29, 0.717) is 12.6 Å². The maximum atomic E-state index is 10.5. The summed E-state index contributed by atoms with van der Waals surface area (Å²) in [7, 11) is 0. The lowest BCUT2D eigenvalue weighted by Gasteiger charge is -2.39. The van der Waals surface area contributed by atoms with Gasteiger partial charge >= 0.3 is 5.97 Å². The first-order valence-corrected chi connectivity index (χ1v) is 7.92. The standard InChI is InChI=1S/C15H27NO4/c17-14-5-3-1-2-4-13(14)16-9-6-12(7-10-16)20-11-8-15(18)19/h12-14,17H,1-11H2,(H,18,19). The van der Waals surface area contributed by atoms with Crippen molar-refractivity contribution in [2.75, 3.05) is 19.7 Å². The lowest BCUT2D eigenvalue weighted by atomic mass is 9.99. The fourth-order valence-corrected chi connectivity index (χ4v) is 3.38. The topological polar surface area (TPSA) is 70.0 Å². The van der Waals surface area contributed by atoms with Crippen molar-refractivity contribution in [3.05, 3.63) is 0 Å². The minimum atomic E-state index is -0.802. The van der Waals surface area contributed by atoms with E-state index in [-0.39, 0.29) is 18.6 Å². The minimum Gasteiger partial charge on any atom is -0.481 e. The Morgan fingerprint density at radius 3 is 2.50 bits per heavy atom. The van der Waals surface area contributed by atoms with E-state index in [2.05, 4.69) is 4.90 Å². The maximum Gasteiger partial charge on any atom is 0.305 e. The third-order valence-electron chi connectivity index (χ3n) is 4.56.